The number of hydrogen-bond acceptors (Lipinski definition) is 3. The van der Waals surface area contributed by atoms with Crippen LogP contribution in [0.2, 0.25) is 0 Å². The third-order valence-corrected chi connectivity index (χ3v) is 4.55. The number of amides is 2. The highest BCUT2D eigenvalue weighted by Gasteiger charge is 2.55. The number of hydrogen-bond donors (Lipinski definition) is 1. The summed E-state index contributed by atoms with van der Waals surface area (Å²) in [5.41, 5.74) is 1.53. The minimum atomic E-state index is -1.06. The summed E-state index contributed by atoms with van der Waals surface area (Å²) in [6.45, 7) is 3.76. The van der Waals surface area contributed by atoms with Gasteiger partial charge in [0.1, 0.15) is 0 Å². The number of aliphatic carboxylic acids is 1. The van der Waals surface area contributed by atoms with E-state index in [4.69, 9.17) is 0 Å². The maximum absolute atomic E-state index is 12.7. The lowest BCUT2D eigenvalue weighted by molar-refractivity contribution is -0.145. The predicted octanol–water partition coefficient (Wildman–Crippen LogP) is 2.01. The molecule has 1 saturated heterocycles. The van der Waals surface area contributed by atoms with Gasteiger partial charge in [-0.05, 0) is 25.0 Å². The standard InChI is InChI=1S/C17H17NO4/c1-9-3-6-11(7-4-9)18-15(19)13-10(2)5-8-12(17(21)22)14(13)16(18)20/h3-8,10,12-14H,1-2H3,(H,21,22)/t10-,12+,13-,14+/m1/s1. The second-order valence-corrected chi connectivity index (χ2v) is 6.01. The van der Waals surface area contributed by atoms with Crippen molar-refractivity contribution in [2.75, 3.05) is 4.90 Å². The normalized spacial score (nSPS) is 30.5. The van der Waals surface area contributed by atoms with Gasteiger partial charge in [0.05, 0.1) is 23.4 Å². The summed E-state index contributed by atoms with van der Waals surface area (Å²) < 4.78 is 0. The van der Waals surface area contributed by atoms with Crippen LogP contribution >= 0.6 is 0 Å². The fourth-order valence-electron chi connectivity index (χ4n) is 3.36. The van der Waals surface area contributed by atoms with Gasteiger partial charge in [-0.2, -0.15) is 0 Å². The molecule has 0 aromatic heterocycles. The molecule has 1 aromatic rings. The van der Waals surface area contributed by atoms with Gasteiger partial charge in [-0.3, -0.25) is 19.3 Å². The number of rotatable bonds is 2. The molecule has 1 fully saturated rings. The van der Waals surface area contributed by atoms with Crippen LogP contribution in [-0.2, 0) is 14.4 Å². The van der Waals surface area contributed by atoms with Crippen LogP contribution in [0.15, 0.2) is 36.4 Å². The van der Waals surface area contributed by atoms with Gasteiger partial charge in [-0.15, -0.1) is 0 Å². The molecule has 4 atom stereocenters. The van der Waals surface area contributed by atoms with Crippen molar-refractivity contribution in [3.05, 3.63) is 42.0 Å². The van der Waals surface area contributed by atoms with E-state index in [2.05, 4.69) is 0 Å². The maximum Gasteiger partial charge on any atom is 0.311 e. The Kier molecular flexibility index (Phi) is 3.35. The zero-order valence-electron chi connectivity index (χ0n) is 12.4. The Morgan fingerprint density at radius 3 is 2.23 bits per heavy atom. The maximum atomic E-state index is 12.7. The highest BCUT2D eigenvalue weighted by Crippen LogP contribution is 2.43. The smallest absolute Gasteiger partial charge is 0.311 e. The number of nitrogens with zero attached hydrogens (tertiary/aromatic N) is 1. The number of carbonyl (C=O) groups is 3. The van der Waals surface area contributed by atoms with Crippen LogP contribution in [0, 0.1) is 30.6 Å². The monoisotopic (exact) mass is 299 g/mol. The number of anilines is 1. The molecular weight excluding hydrogens is 282 g/mol. The molecule has 114 valence electrons. The molecule has 1 aliphatic heterocycles. The molecule has 22 heavy (non-hydrogen) atoms. The summed E-state index contributed by atoms with van der Waals surface area (Å²) in [4.78, 5) is 38.0. The summed E-state index contributed by atoms with van der Waals surface area (Å²) in [5, 5.41) is 9.34. The van der Waals surface area contributed by atoms with Gasteiger partial charge in [0.25, 0.3) is 0 Å². The number of aryl methyl sites for hydroxylation is 1. The third-order valence-electron chi connectivity index (χ3n) is 4.55. The van der Waals surface area contributed by atoms with Crippen molar-refractivity contribution in [3.63, 3.8) is 0 Å². The van der Waals surface area contributed by atoms with Crippen molar-refractivity contribution in [1.29, 1.82) is 0 Å². The summed E-state index contributed by atoms with van der Waals surface area (Å²) in [6.07, 6.45) is 3.27. The molecule has 1 N–H and O–H groups in total. The SMILES string of the molecule is Cc1ccc(N2C(=O)[C@@H]3[C@H](C2=O)[C@H](C)C=C[C@@H]3C(=O)O)cc1. The Balaban J connectivity index is 2.03. The number of imide groups is 1. The number of allylic oxidation sites excluding steroid dienone is 1. The topological polar surface area (TPSA) is 74.7 Å². The van der Waals surface area contributed by atoms with Crippen LogP contribution in [-0.4, -0.2) is 22.9 Å². The fraction of sp³-hybridized carbons (Fsp3) is 0.353. The Bertz CT molecular complexity index is 676. The number of carboxylic acid groups (broad SMARTS) is 1. The van der Waals surface area contributed by atoms with E-state index in [0.717, 1.165) is 10.5 Å². The van der Waals surface area contributed by atoms with Crippen molar-refractivity contribution in [3.8, 4) is 0 Å². The Morgan fingerprint density at radius 1 is 1.05 bits per heavy atom. The van der Waals surface area contributed by atoms with E-state index in [1.165, 1.54) is 6.08 Å². The van der Waals surface area contributed by atoms with Gasteiger partial charge < -0.3 is 5.11 Å². The molecule has 0 radical (unpaired) electrons. The Hall–Kier alpha value is -2.43. The number of carboxylic acids is 1. The van der Waals surface area contributed by atoms with Crippen LogP contribution in [0.4, 0.5) is 5.69 Å². The second-order valence-electron chi connectivity index (χ2n) is 6.01. The van der Waals surface area contributed by atoms with Crippen LogP contribution < -0.4 is 4.90 Å². The van der Waals surface area contributed by atoms with E-state index in [1.54, 1.807) is 18.2 Å². The molecule has 0 bridgehead atoms. The molecule has 0 spiro atoms. The Labute approximate surface area is 128 Å². The van der Waals surface area contributed by atoms with Crippen molar-refractivity contribution >= 4 is 23.5 Å². The lowest BCUT2D eigenvalue weighted by Gasteiger charge is -2.27. The minimum absolute atomic E-state index is 0.146. The van der Waals surface area contributed by atoms with Crippen molar-refractivity contribution < 1.29 is 19.5 Å². The average Bonchev–Trinajstić information content (AvgIpc) is 2.73. The molecule has 5 nitrogen and oxygen atoms in total. The zero-order valence-corrected chi connectivity index (χ0v) is 12.4. The molecule has 2 amide bonds. The molecule has 0 unspecified atom stereocenters. The van der Waals surface area contributed by atoms with Crippen LogP contribution in [0.3, 0.4) is 0 Å². The van der Waals surface area contributed by atoms with Crippen LogP contribution in [0.1, 0.15) is 12.5 Å². The molecule has 3 rings (SSSR count). The van der Waals surface area contributed by atoms with Gasteiger partial charge in [-0.25, -0.2) is 0 Å². The summed E-state index contributed by atoms with van der Waals surface area (Å²) in [5.74, 6) is -4.28. The number of fused-ring (bicyclic) bond motifs is 1. The first-order valence-electron chi connectivity index (χ1n) is 7.27. The number of carbonyl (C=O) groups excluding carboxylic acids is 2. The first kappa shape index (κ1) is 14.5. The van der Waals surface area contributed by atoms with E-state index < -0.39 is 29.6 Å². The van der Waals surface area contributed by atoms with Crippen LogP contribution in [0.25, 0.3) is 0 Å². The van der Waals surface area contributed by atoms with Gasteiger partial charge in [0, 0.05) is 0 Å². The van der Waals surface area contributed by atoms with Gasteiger partial charge in [-0.1, -0.05) is 36.8 Å². The van der Waals surface area contributed by atoms with Crippen molar-refractivity contribution in [2.45, 2.75) is 13.8 Å². The van der Waals surface area contributed by atoms with Crippen molar-refractivity contribution in [1.82, 2.24) is 0 Å². The van der Waals surface area contributed by atoms with Gasteiger partial charge >= 0.3 is 5.97 Å². The molecule has 2 aliphatic rings. The van der Waals surface area contributed by atoms with Gasteiger partial charge in [0.15, 0.2) is 0 Å². The molecule has 1 aliphatic carbocycles. The quantitative estimate of drug-likeness (QED) is 0.669. The highest BCUT2D eigenvalue weighted by molar-refractivity contribution is 6.23. The molecule has 0 saturated carbocycles. The van der Waals surface area contributed by atoms with E-state index in [1.807, 2.05) is 26.0 Å². The highest BCUT2D eigenvalue weighted by atomic mass is 16.4. The van der Waals surface area contributed by atoms with Crippen molar-refractivity contribution in [2.24, 2.45) is 23.7 Å². The third kappa shape index (κ3) is 2.04. The summed E-state index contributed by atoms with van der Waals surface area (Å²) in [7, 11) is 0. The van der Waals surface area contributed by atoms with E-state index in [0.29, 0.717) is 5.69 Å². The minimum Gasteiger partial charge on any atom is -0.481 e. The van der Waals surface area contributed by atoms with E-state index in [9.17, 15) is 19.5 Å². The second kappa shape index (κ2) is 5.09. The predicted molar refractivity (Wildman–Crippen MR) is 80.1 cm³/mol. The molecule has 1 heterocycles. The van der Waals surface area contributed by atoms with E-state index in [-0.39, 0.29) is 11.8 Å². The zero-order chi connectivity index (χ0) is 16.0. The molecule has 5 heteroatoms. The van der Waals surface area contributed by atoms with Crippen LogP contribution in [0.5, 0.6) is 0 Å². The average molecular weight is 299 g/mol. The largest absolute Gasteiger partial charge is 0.481 e. The fourth-order valence-corrected chi connectivity index (χ4v) is 3.36. The first-order chi connectivity index (χ1) is 10.4. The molecule has 1 aromatic carbocycles. The lowest BCUT2D eigenvalue weighted by Crippen LogP contribution is -2.36. The molecular formula is C17H17NO4. The lowest BCUT2D eigenvalue weighted by atomic mass is 9.72. The van der Waals surface area contributed by atoms with Gasteiger partial charge in [0.2, 0.25) is 11.8 Å². The van der Waals surface area contributed by atoms with E-state index >= 15 is 0 Å². The summed E-state index contributed by atoms with van der Waals surface area (Å²) in [6, 6.07) is 7.09. The summed E-state index contributed by atoms with van der Waals surface area (Å²) >= 11 is 0. The Morgan fingerprint density at radius 2 is 1.64 bits per heavy atom. The number of benzene rings is 1. The first-order valence-corrected chi connectivity index (χ1v) is 7.27.